The van der Waals surface area contributed by atoms with Crippen LogP contribution >= 0.6 is 0 Å². The van der Waals surface area contributed by atoms with Gasteiger partial charge in [-0.1, -0.05) is 129 Å². The second-order valence-electron chi connectivity index (χ2n) is 14.7. The minimum atomic E-state index is -4.42. The third-order valence-electron chi connectivity index (χ3n) is 9.32. The molecule has 0 aromatic rings. The monoisotopic (exact) mass is 891 g/mol. The molecule has 0 bridgehead atoms. The number of unbranched alkanes of at least 4 members (excludes halogenated alkanes) is 19. The van der Waals surface area contributed by atoms with Crippen LogP contribution in [0.2, 0.25) is 0 Å². The molecule has 1 N–H and O–H groups in total. The third-order valence-corrected chi connectivity index (χ3v) is 9.79. The third kappa shape index (κ3) is 57.4. The molecule has 0 rings (SSSR count). The van der Waals surface area contributed by atoms with Crippen LogP contribution in [0.4, 0.5) is 0 Å². The largest absolute Gasteiger partial charge is 0.397 e. The van der Waals surface area contributed by atoms with Crippen LogP contribution in [0.15, 0.2) is 0 Å². The Morgan fingerprint density at radius 2 is 0.417 bits per heavy atom. The van der Waals surface area contributed by atoms with Crippen molar-refractivity contribution >= 4 is 10.4 Å². The molecule has 0 amide bonds. The van der Waals surface area contributed by atoms with Crippen LogP contribution in [0, 0.1) is 0 Å². The Balaban J connectivity index is 3.07. The minimum Gasteiger partial charge on any atom is -0.379 e. The molecule has 0 spiro atoms. The van der Waals surface area contributed by atoms with E-state index in [0.29, 0.717) is 126 Å². The highest BCUT2D eigenvalue weighted by Crippen LogP contribution is 2.15. The average Bonchev–Trinajstić information content (AvgIpc) is 3.23. The Hall–Kier alpha value is -0.570. The maximum atomic E-state index is 10.4. The lowest BCUT2D eigenvalue weighted by Crippen LogP contribution is -2.15. The van der Waals surface area contributed by atoms with E-state index in [1.165, 1.54) is 122 Å². The van der Waals surface area contributed by atoms with Crippen LogP contribution < -0.4 is 0 Å². The summed E-state index contributed by atoms with van der Waals surface area (Å²) in [6, 6.07) is 0. The zero-order valence-corrected chi connectivity index (χ0v) is 38.8. The van der Waals surface area contributed by atoms with E-state index < -0.39 is 10.4 Å². The zero-order chi connectivity index (χ0) is 43.4. The standard InChI is InChI=1S/C44H90O15S/c1-2-3-4-5-6-7-8-9-10-11-12-13-14-15-16-17-18-19-20-21-22-48-23-24-49-25-26-50-27-28-51-29-30-52-31-32-53-33-34-54-35-36-55-37-38-56-39-40-57-41-42-58-43-44-59-60(45,46)47/h2-44H2,1H3,(H,45,46,47). The minimum absolute atomic E-state index is 0.0331. The lowest BCUT2D eigenvalue weighted by molar-refractivity contribution is -0.0277. The molecule has 0 aliphatic carbocycles. The predicted molar refractivity (Wildman–Crippen MR) is 235 cm³/mol. The summed E-state index contributed by atoms with van der Waals surface area (Å²) in [5.41, 5.74) is 0. The van der Waals surface area contributed by atoms with E-state index >= 15 is 0 Å². The first kappa shape index (κ1) is 59.4. The van der Waals surface area contributed by atoms with Gasteiger partial charge in [0.25, 0.3) is 0 Å². The SMILES string of the molecule is CCCCCCCCCCCCCCCCCCCCCCOCCOCCOCCOCCOCCOCCOCCOCCOCCOCCOCCOS(=O)(=O)O. The van der Waals surface area contributed by atoms with Gasteiger partial charge in [0.15, 0.2) is 0 Å². The summed E-state index contributed by atoms with van der Waals surface area (Å²) in [6.07, 6.45) is 28.0. The van der Waals surface area contributed by atoms with Crippen molar-refractivity contribution in [2.45, 2.75) is 135 Å². The molecule has 0 radical (unpaired) electrons. The van der Waals surface area contributed by atoms with Gasteiger partial charge in [-0.05, 0) is 6.42 Å². The summed E-state index contributed by atoms with van der Waals surface area (Å²) in [4.78, 5) is 0. The number of hydrogen-bond acceptors (Lipinski definition) is 14. The van der Waals surface area contributed by atoms with Gasteiger partial charge in [0.2, 0.25) is 0 Å². The number of hydrogen-bond donors (Lipinski definition) is 1. The molecule has 0 saturated carbocycles. The Morgan fingerprint density at radius 3 is 0.617 bits per heavy atom. The smallest absolute Gasteiger partial charge is 0.379 e. The second-order valence-corrected chi connectivity index (χ2v) is 15.8. The topological polar surface area (TPSA) is 165 Å². The van der Waals surface area contributed by atoms with Gasteiger partial charge in [-0.3, -0.25) is 4.55 Å². The van der Waals surface area contributed by atoms with Crippen molar-refractivity contribution in [1.82, 2.24) is 0 Å². The Kier molecular flexibility index (Phi) is 52.3. The van der Waals surface area contributed by atoms with E-state index in [2.05, 4.69) is 11.1 Å². The molecule has 0 aromatic heterocycles. The molecule has 0 saturated heterocycles. The first-order valence-corrected chi connectivity index (χ1v) is 24.9. The summed E-state index contributed by atoms with van der Waals surface area (Å²) < 4.78 is 93.3. The van der Waals surface area contributed by atoms with Gasteiger partial charge in [-0.25, -0.2) is 4.18 Å². The van der Waals surface area contributed by atoms with Crippen molar-refractivity contribution in [3.8, 4) is 0 Å². The van der Waals surface area contributed by atoms with Crippen LogP contribution in [-0.2, 0) is 66.7 Å². The highest BCUT2D eigenvalue weighted by atomic mass is 32.3. The van der Waals surface area contributed by atoms with Gasteiger partial charge in [0, 0.05) is 6.61 Å². The van der Waals surface area contributed by atoms with Crippen LogP contribution in [0.5, 0.6) is 0 Å². The van der Waals surface area contributed by atoms with E-state index in [0.717, 1.165) is 13.0 Å². The van der Waals surface area contributed by atoms with Gasteiger partial charge in [0.05, 0.1) is 145 Å². The Labute approximate surface area is 366 Å². The highest BCUT2D eigenvalue weighted by molar-refractivity contribution is 7.80. The summed E-state index contributed by atoms with van der Waals surface area (Å²) in [7, 11) is -4.42. The number of ether oxygens (including phenoxy) is 11. The highest BCUT2D eigenvalue weighted by Gasteiger charge is 2.03. The molecule has 0 aromatic carbocycles. The zero-order valence-electron chi connectivity index (χ0n) is 38.0. The summed E-state index contributed by atoms with van der Waals surface area (Å²) in [5, 5.41) is 0. The molecule has 362 valence electrons. The fourth-order valence-electron chi connectivity index (χ4n) is 5.96. The molecule has 16 heteroatoms. The fraction of sp³-hybridized carbons (Fsp3) is 1.00. The van der Waals surface area contributed by atoms with Gasteiger partial charge < -0.3 is 52.1 Å². The van der Waals surface area contributed by atoms with E-state index in [1.807, 2.05) is 0 Å². The van der Waals surface area contributed by atoms with Gasteiger partial charge in [0.1, 0.15) is 0 Å². The van der Waals surface area contributed by atoms with Crippen molar-refractivity contribution < 1.29 is 69.3 Å². The first-order chi connectivity index (χ1) is 29.6. The number of rotatable bonds is 55. The van der Waals surface area contributed by atoms with Gasteiger partial charge in [-0.15, -0.1) is 0 Å². The fourth-order valence-corrected chi connectivity index (χ4v) is 6.24. The summed E-state index contributed by atoms with van der Waals surface area (Å²) in [6.45, 7) is 12.5. The Bertz CT molecular complexity index is 888. The molecular weight excluding hydrogens is 801 g/mol. The van der Waals surface area contributed by atoms with E-state index in [9.17, 15) is 8.42 Å². The summed E-state index contributed by atoms with van der Waals surface area (Å²) >= 11 is 0. The summed E-state index contributed by atoms with van der Waals surface area (Å²) in [5.74, 6) is 0. The molecule has 0 aliphatic heterocycles. The van der Waals surface area contributed by atoms with E-state index in [1.54, 1.807) is 0 Å². The van der Waals surface area contributed by atoms with Crippen LogP contribution in [-0.4, -0.2) is 165 Å². The second kappa shape index (κ2) is 52.8. The van der Waals surface area contributed by atoms with Crippen LogP contribution in [0.25, 0.3) is 0 Å². The van der Waals surface area contributed by atoms with Gasteiger partial charge in [-0.2, -0.15) is 8.42 Å². The lowest BCUT2D eigenvalue weighted by Gasteiger charge is -2.09. The van der Waals surface area contributed by atoms with Crippen LogP contribution in [0.3, 0.4) is 0 Å². The maximum Gasteiger partial charge on any atom is 0.397 e. The molecule has 0 unspecified atom stereocenters. The van der Waals surface area contributed by atoms with Crippen LogP contribution in [0.1, 0.15) is 135 Å². The Morgan fingerprint density at radius 1 is 0.250 bits per heavy atom. The first-order valence-electron chi connectivity index (χ1n) is 23.5. The van der Waals surface area contributed by atoms with Crippen molar-refractivity contribution in [1.29, 1.82) is 0 Å². The predicted octanol–water partition coefficient (Wildman–Crippen LogP) is 7.81. The molecule has 0 fully saturated rings. The molecule has 0 atom stereocenters. The van der Waals surface area contributed by atoms with Crippen molar-refractivity contribution in [2.75, 3.05) is 152 Å². The molecule has 60 heavy (non-hydrogen) atoms. The quantitative estimate of drug-likeness (QED) is 0.0464. The van der Waals surface area contributed by atoms with Crippen molar-refractivity contribution in [2.24, 2.45) is 0 Å². The molecular formula is C44H90O15S. The average molecular weight is 891 g/mol. The lowest BCUT2D eigenvalue weighted by atomic mass is 10.0. The van der Waals surface area contributed by atoms with Gasteiger partial charge >= 0.3 is 10.4 Å². The van der Waals surface area contributed by atoms with E-state index in [4.69, 9.17) is 56.7 Å². The molecule has 15 nitrogen and oxygen atoms in total. The van der Waals surface area contributed by atoms with Crippen molar-refractivity contribution in [3.63, 3.8) is 0 Å². The molecule has 0 aliphatic rings. The van der Waals surface area contributed by atoms with Crippen molar-refractivity contribution in [3.05, 3.63) is 0 Å². The maximum absolute atomic E-state index is 10.4. The molecule has 0 heterocycles. The van der Waals surface area contributed by atoms with E-state index in [-0.39, 0.29) is 19.8 Å². The normalized spacial score (nSPS) is 12.0.